The van der Waals surface area contributed by atoms with Crippen molar-refractivity contribution in [1.29, 1.82) is 5.26 Å². The van der Waals surface area contributed by atoms with E-state index < -0.39 is 95.5 Å². The first-order valence-electron chi connectivity index (χ1n) is 17.4. The Morgan fingerprint density at radius 1 is 1.04 bits per heavy atom. The van der Waals surface area contributed by atoms with Crippen LogP contribution in [-0.2, 0) is 29.3 Å². The number of carbonyl (C=O) groups excluding carboxylic acids is 3. The number of hydrogen-bond donors (Lipinski definition) is 5. The van der Waals surface area contributed by atoms with E-state index in [1.807, 2.05) is 26.1 Å². The number of hydrogen-bond acceptors (Lipinski definition) is 10. The van der Waals surface area contributed by atoms with Crippen molar-refractivity contribution in [2.45, 2.75) is 82.7 Å². The molecule has 1 aliphatic rings. The number of ether oxygens (including phenoxy) is 3. The summed E-state index contributed by atoms with van der Waals surface area (Å²) in [6, 6.07) is 10.1. The largest absolute Gasteiger partial charge is 0.495 e. The zero-order chi connectivity index (χ0) is 42.4. The molecular weight excluding hydrogens is 793 g/mol. The van der Waals surface area contributed by atoms with Crippen LogP contribution in [0.15, 0.2) is 54.6 Å². The van der Waals surface area contributed by atoms with Gasteiger partial charge in [-0.05, 0) is 60.2 Å². The molecular formula is C39H40Cl2F2N4O10. The van der Waals surface area contributed by atoms with Crippen molar-refractivity contribution in [2.75, 3.05) is 12.4 Å². The molecule has 0 aromatic heterocycles. The highest BCUT2D eigenvalue weighted by Crippen LogP contribution is 2.53. The zero-order valence-electron chi connectivity index (χ0n) is 31.3. The van der Waals surface area contributed by atoms with E-state index in [9.17, 15) is 34.3 Å². The van der Waals surface area contributed by atoms with Crippen LogP contribution in [0, 0.1) is 28.4 Å². The molecule has 1 aliphatic heterocycles. The molecule has 1 unspecified atom stereocenters. The molecule has 1 saturated heterocycles. The first-order valence-corrected chi connectivity index (χ1v) is 18.2. The summed E-state index contributed by atoms with van der Waals surface area (Å²) in [6.45, 7) is 6.87. The topological polar surface area (TPSA) is 213 Å². The van der Waals surface area contributed by atoms with Gasteiger partial charge in [-0.15, -0.1) is 0 Å². The van der Waals surface area contributed by atoms with Crippen LogP contribution in [0.4, 0.5) is 19.3 Å². The fraction of sp³-hybridized carbons (Fsp3) is 0.385. The molecule has 4 rings (SSSR count). The van der Waals surface area contributed by atoms with Gasteiger partial charge in [-0.25, -0.2) is 23.2 Å². The van der Waals surface area contributed by atoms with Crippen LogP contribution < -0.4 is 20.7 Å². The predicted octanol–water partition coefficient (Wildman–Crippen LogP) is 6.79. The molecule has 5 N–H and O–H groups in total. The normalized spacial score (nSPS) is 20.0. The number of carboxylic acid groups (broad SMARTS) is 2. The number of halogens is 4. The third kappa shape index (κ3) is 10.3. The average molecular weight is 834 g/mol. The number of amides is 2. The van der Waals surface area contributed by atoms with Gasteiger partial charge in [0.2, 0.25) is 12.2 Å². The number of rotatable bonds is 14. The highest BCUT2D eigenvalue weighted by molar-refractivity contribution is 6.31. The van der Waals surface area contributed by atoms with Gasteiger partial charge in [-0.3, -0.25) is 9.59 Å². The van der Waals surface area contributed by atoms with E-state index in [0.29, 0.717) is 0 Å². The monoisotopic (exact) mass is 832 g/mol. The zero-order valence-corrected chi connectivity index (χ0v) is 32.8. The molecule has 304 valence electrons. The average Bonchev–Trinajstić information content (AvgIpc) is 3.43. The number of alkyl carbamates (subject to hydrolysis) is 1. The van der Waals surface area contributed by atoms with E-state index in [4.69, 9.17) is 42.5 Å². The molecule has 6 atom stereocenters. The van der Waals surface area contributed by atoms with Gasteiger partial charge < -0.3 is 40.4 Å². The van der Waals surface area contributed by atoms with Crippen molar-refractivity contribution in [3.05, 3.63) is 93.0 Å². The summed E-state index contributed by atoms with van der Waals surface area (Å²) in [7, 11) is 1.25. The van der Waals surface area contributed by atoms with Gasteiger partial charge >= 0.3 is 24.0 Å². The van der Waals surface area contributed by atoms with E-state index in [1.165, 1.54) is 62.6 Å². The Labute approximate surface area is 336 Å². The van der Waals surface area contributed by atoms with Crippen LogP contribution in [0.5, 0.6) is 5.75 Å². The third-order valence-electron chi connectivity index (χ3n) is 9.21. The smallest absolute Gasteiger partial charge is 0.410 e. The number of nitrogens with zero attached hydrogens (tertiary/aromatic N) is 1. The lowest BCUT2D eigenvalue weighted by Crippen LogP contribution is -2.45. The number of carboxylic acids is 2. The molecule has 1 fully saturated rings. The van der Waals surface area contributed by atoms with Gasteiger partial charge in [0, 0.05) is 35.9 Å². The van der Waals surface area contributed by atoms with Gasteiger partial charge in [0.05, 0.1) is 35.5 Å². The van der Waals surface area contributed by atoms with Crippen LogP contribution in [0.2, 0.25) is 10.0 Å². The second kappa shape index (κ2) is 18.2. The summed E-state index contributed by atoms with van der Waals surface area (Å²) in [5.41, 5.74) is -2.67. The SMILES string of the molecule is COc1cc(C(=O)OC(C)OC(=O)N[C@@H](CCC(=O)O)C(=O)O)ccc1NC(=O)[C@@H]1N[C@@H](CC(C)(C)C)[C@](C#N)(c2ccc(Cl)cc2F)[C@H]1c1cccc(Cl)c1F. The van der Waals surface area contributed by atoms with Crippen molar-refractivity contribution in [1.82, 2.24) is 10.6 Å². The minimum absolute atomic E-state index is 0.0374. The van der Waals surface area contributed by atoms with Crippen molar-refractivity contribution in [3.8, 4) is 11.8 Å². The summed E-state index contributed by atoms with van der Waals surface area (Å²) in [5, 5.41) is 36.8. The van der Waals surface area contributed by atoms with E-state index in [0.717, 1.165) is 6.07 Å². The number of esters is 1. The Balaban J connectivity index is 1.64. The van der Waals surface area contributed by atoms with Gasteiger partial charge in [-0.1, -0.05) is 62.2 Å². The second-order valence-electron chi connectivity index (χ2n) is 14.4. The number of nitriles is 1. The fourth-order valence-electron chi connectivity index (χ4n) is 6.78. The first-order chi connectivity index (χ1) is 26.7. The van der Waals surface area contributed by atoms with E-state index in [2.05, 4.69) is 16.7 Å². The van der Waals surface area contributed by atoms with Crippen molar-refractivity contribution in [2.24, 2.45) is 5.41 Å². The number of methoxy groups -OCH3 is 1. The van der Waals surface area contributed by atoms with Crippen LogP contribution in [0.1, 0.15) is 74.4 Å². The van der Waals surface area contributed by atoms with Gasteiger partial charge in [-0.2, -0.15) is 5.26 Å². The van der Waals surface area contributed by atoms with Crippen LogP contribution in [0.25, 0.3) is 0 Å². The lowest BCUT2D eigenvalue weighted by atomic mass is 9.62. The Morgan fingerprint density at radius 2 is 1.74 bits per heavy atom. The molecule has 3 aromatic carbocycles. The molecule has 0 spiro atoms. The van der Waals surface area contributed by atoms with Crippen LogP contribution in [0.3, 0.4) is 0 Å². The maximum Gasteiger partial charge on any atom is 0.410 e. The summed E-state index contributed by atoms with van der Waals surface area (Å²) < 4.78 is 47.5. The number of benzene rings is 3. The van der Waals surface area contributed by atoms with Crippen LogP contribution >= 0.6 is 23.2 Å². The highest BCUT2D eigenvalue weighted by Gasteiger charge is 2.61. The minimum Gasteiger partial charge on any atom is -0.495 e. The number of aliphatic carboxylic acids is 2. The maximum atomic E-state index is 16.0. The summed E-state index contributed by atoms with van der Waals surface area (Å²) in [6.07, 6.45) is -3.56. The van der Waals surface area contributed by atoms with Crippen molar-refractivity contribution >= 4 is 58.8 Å². The highest BCUT2D eigenvalue weighted by atomic mass is 35.5. The summed E-state index contributed by atoms with van der Waals surface area (Å²) in [4.78, 5) is 61.8. The second-order valence-corrected chi connectivity index (χ2v) is 15.3. The molecule has 18 heteroatoms. The maximum absolute atomic E-state index is 16.0. The molecule has 0 saturated carbocycles. The fourth-order valence-corrected chi connectivity index (χ4v) is 7.12. The third-order valence-corrected chi connectivity index (χ3v) is 9.74. The molecule has 0 bridgehead atoms. The Morgan fingerprint density at radius 3 is 2.33 bits per heavy atom. The Bertz CT molecular complexity index is 2090. The van der Waals surface area contributed by atoms with Crippen molar-refractivity contribution < 1.29 is 57.2 Å². The van der Waals surface area contributed by atoms with Gasteiger partial charge in [0.1, 0.15) is 28.8 Å². The van der Waals surface area contributed by atoms with E-state index in [1.54, 1.807) is 0 Å². The minimum atomic E-state index is -1.88. The molecule has 57 heavy (non-hydrogen) atoms. The molecule has 2 amide bonds. The molecule has 14 nitrogen and oxygen atoms in total. The Kier molecular flexibility index (Phi) is 14.1. The first kappa shape index (κ1) is 44.2. The standard InChI is InChI=1S/C39H40Cl2F2N4O10/c1-19(57-37(54)46-27(35(51)52)13-14-30(48)49)56-36(53)20-9-12-26(28(15-20)55-5)45-34(50)33-31(22-7-6-8-24(41)32(22)43)39(18-44,29(47-33)17-38(2,3)4)23-11-10-21(40)16-25(23)42/h6-12,15-16,19,27,29,31,33,47H,13-14,17H2,1-5H3,(H,45,50)(H,46,54)(H,48,49)(H,51,52)/t19?,27-,29-,31-,33+,39-/m0/s1. The molecule has 3 aromatic rings. The van der Waals surface area contributed by atoms with E-state index in [-0.39, 0.29) is 44.6 Å². The Hall–Kier alpha value is -5.50. The van der Waals surface area contributed by atoms with Crippen LogP contribution in [-0.4, -0.2) is 71.6 Å². The predicted molar refractivity (Wildman–Crippen MR) is 202 cm³/mol. The number of carbonyl (C=O) groups is 5. The van der Waals surface area contributed by atoms with Gasteiger partial charge in [0.25, 0.3) is 0 Å². The van der Waals surface area contributed by atoms with Gasteiger partial charge in [0.15, 0.2) is 0 Å². The van der Waals surface area contributed by atoms with E-state index >= 15 is 8.78 Å². The van der Waals surface area contributed by atoms with Crippen molar-refractivity contribution in [3.63, 3.8) is 0 Å². The number of nitrogens with one attached hydrogen (secondary N) is 3. The quantitative estimate of drug-likeness (QED) is 0.0840. The molecule has 0 radical (unpaired) electrons. The lowest BCUT2D eigenvalue weighted by molar-refractivity contribution is -0.141. The summed E-state index contributed by atoms with van der Waals surface area (Å²) in [5.74, 6) is -7.69. The molecule has 1 heterocycles. The number of anilines is 1. The summed E-state index contributed by atoms with van der Waals surface area (Å²) >= 11 is 12.3. The lowest BCUT2D eigenvalue weighted by Gasteiger charge is -2.37. The molecule has 0 aliphatic carbocycles.